The average Bonchev–Trinajstić information content (AvgIpc) is 3.62. The summed E-state index contributed by atoms with van der Waals surface area (Å²) < 4.78 is 8.94. The van der Waals surface area contributed by atoms with Crippen LogP contribution in [0.5, 0.6) is 0 Å². The Morgan fingerprint density at radius 2 is 1.16 bits per heavy atom. The molecular formula is C32H23N3S2. The fraction of sp³-hybridized carbons (Fsp3) is 0.0625. The number of hydrogen-bond donors (Lipinski definition) is 0. The smallest absolute Gasteiger partial charge is 0.121 e. The van der Waals surface area contributed by atoms with Crippen LogP contribution in [0, 0.1) is 26.2 Å². The van der Waals surface area contributed by atoms with Crippen molar-refractivity contribution in [1.29, 1.82) is 0 Å². The lowest BCUT2D eigenvalue weighted by molar-refractivity contribution is 1.27. The number of hydrogen-bond acceptors (Lipinski definition) is 5. The zero-order valence-electron chi connectivity index (χ0n) is 20.5. The van der Waals surface area contributed by atoms with Gasteiger partial charge in [-0.1, -0.05) is 53.4 Å². The molecule has 0 N–H and O–H groups in total. The van der Waals surface area contributed by atoms with Gasteiger partial charge in [-0.15, -0.1) is 17.8 Å². The zero-order valence-corrected chi connectivity index (χ0v) is 22.1. The Morgan fingerprint density at radius 3 is 1.76 bits per heavy atom. The van der Waals surface area contributed by atoms with Crippen molar-refractivity contribution in [3.8, 4) is 33.2 Å². The van der Waals surface area contributed by atoms with Crippen LogP contribution in [0.3, 0.4) is 0 Å². The van der Waals surface area contributed by atoms with Gasteiger partial charge in [-0.05, 0) is 80.1 Å². The molecular weight excluding hydrogens is 491 g/mol. The van der Waals surface area contributed by atoms with Gasteiger partial charge in [0.2, 0.25) is 0 Å². The average molecular weight is 514 g/mol. The number of anilines is 3. The molecule has 2 aromatic heterocycles. The second kappa shape index (κ2) is 9.67. The van der Waals surface area contributed by atoms with E-state index in [0.29, 0.717) is 0 Å². The Kier molecular flexibility index (Phi) is 6.05. The lowest BCUT2D eigenvalue weighted by atomic mass is 10.1. The van der Waals surface area contributed by atoms with Gasteiger partial charge in [0.25, 0.3) is 0 Å². The van der Waals surface area contributed by atoms with Gasteiger partial charge >= 0.3 is 0 Å². The summed E-state index contributed by atoms with van der Waals surface area (Å²) in [6.07, 6.45) is 5.65. The van der Waals surface area contributed by atoms with Crippen molar-refractivity contribution in [2.75, 3.05) is 4.90 Å². The number of benzene rings is 4. The third kappa shape index (κ3) is 4.42. The van der Waals surface area contributed by atoms with Crippen LogP contribution in [0.4, 0.5) is 17.1 Å². The maximum atomic E-state index is 5.65. The number of nitrogens with zero attached hydrogens (tertiary/aromatic N) is 3. The van der Waals surface area contributed by atoms with Crippen molar-refractivity contribution >= 4 is 51.2 Å². The molecule has 0 aliphatic rings. The van der Waals surface area contributed by atoms with Gasteiger partial charge in [0.1, 0.15) is 11.0 Å². The number of aryl methyl sites for hydroxylation is 2. The minimum atomic E-state index is 0.784. The summed E-state index contributed by atoms with van der Waals surface area (Å²) in [5.74, 6) is 2.71. The van der Waals surface area contributed by atoms with Crippen LogP contribution in [0.1, 0.15) is 16.7 Å². The van der Waals surface area contributed by atoms with Gasteiger partial charge in [0, 0.05) is 32.4 Å². The Bertz CT molecular complexity index is 1690. The minimum absolute atomic E-state index is 0.784. The lowest BCUT2D eigenvalue weighted by Crippen LogP contribution is -2.09. The Labute approximate surface area is 225 Å². The van der Waals surface area contributed by atoms with E-state index in [0.717, 1.165) is 44.1 Å². The maximum Gasteiger partial charge on any atom is 0.121 e. The highest BCUT2D eigenvalue weighted by atomic mass is 32.1. The zero-order chi connectivity index (χ0) is 25.4. The van der Waals surface area contributed by atoms with Crippen molar-refractivity contribution in [3.05, 3.63) is 114 Å². The molecule has 5 heteroatoms. The fourth-order valence-corrected chi connectivity index (χ4v) is 6.04. The molecule has 0 saturated carbocycles. The summed E-state index contributed by atoms with van der Waals surface area (Å²) in [6, 6.07) is 34.4. The highest BCUT2D eigenvalue weighted by Gasteiger charge is 2.15. The van der Waals surface area contributed by atoms with Gasteiger partial charge < -0.3 is 4.90 Å². The largest absolute Gasteiger partial charge is 0.311 e. The minimum Gasteiger partial charge on any atom is -0.311 e. The van der Waals surface area contributed by atoms with Gasteiger partial charge in [0.05, 0.1) is 17.3 Å². The summed E-state index contributed by atoms with van der Waals surface area (Å²) in [6.45, 7) is 4.23. The lowest BCUT2D eigenvalue weighted by Gasteiger charge is -2.26. The first kappa shape index (κ1) is 23.2. The van der Waals surface area contributed by atoms with Gasteiger partial charge in [-0.3, -0.25) is 0 Å². The molecule has 0 fully saturated rings. The van der Waals surface area contributed by atoms with Gasteiger partial charge in [-0.2, -0.15) is 8.75 Å². The molecule has 0 saturated heterocycles. The molecule has 0 atom stereocenters. The molecule has 6 rings (SSSR count). The number of fused-ring (bicyclic) bond motifs is 1. The molecule has 0 unspecified atom stereocenters. The van der Waals surface area contributed by atoms with E-state index in [9.17, 15) is 0 Å². The Hall–Kier alpha value is -4.24. The Morgan fingerprint density at radius 1 is 0.622 bits per heavy atom. The van der Waals surface area contributed by atoms with Crippen LogP contribution in [0.25, 0.3) is 31.9 Å². The van der Waals surface area contributed by atoms with Crippen molar-refractivity contribution in [2.45, 2.75) is 13.8 Å². The van der Waals surface area contributed by atoms with Crippen LogP contribution in [-0.2, 0) is 0 Å². The monoisotopic (exact) mass is 513 g/mol. The predicted octanol–water partition coefficient (Wildman–Crippen LogP) is 9.15. The molecule has 0 radical (unpaired) electrons. The summed E-state index contributed by atoms with van der Waals surface area (Å²) in [4.78, 5) is 4.65. The van der Waals surface area contributed by atoms with Crippen molar-refractivity contribution in [3.63, 3.8) is 0 Å². The summed E-state index contributed by atoms with van der Waals surface area (Å²) >= 11 is 2.95. The van der Waals surface area contributed by atoms with Crippen LogP contribution in [-0.4, -0.2) is 8.75 Å². The first-order valence-corrected chi connectivity index (χ1v) is 13.5. The second-order valence-corrected chi connectivity index (χ2v) is 10.6. The number of thiophene rings is 1. The molecule has 6 aromatic rings. The molecule has 0 bridgehead atoms. The summed E-state index contributed by atoms with van der Waals surface area (Å²) in [5.41, 5.74) is 10.6. The summed E-state index contributed by atoms with van der Waals surface area (Å²) in [7, 11) is 0. The molecule has 3 nitrogen and oxygen atoms in total. The van der Waals surface area contributed by atoms with Gasteiger partial charge in [-0.25, -0.2) is 0 Å². The maximum absolute atomic E-state index is 5.65. The first-order valence-electron chi connectivity index (χ1n) is 12.0. The standard InChI is InChI=1S/C32H23N3S2/c1-4-23-11-18-28(32-31(23)33-37-34-32)30-20-19-29(36-30)24-9-16-27(17-10-24)35(25-12-5-21(2)6-13-25)26-14-7-22(3)8-15-26/h1,5-20H,2-3H3. The summed E-state index contributed by atoms with van der Waals surface area (Å²) in [5, 5.41) is 0. The quantitative estimate of drug-likeness (QED) is 0.215. The van der Waals surface area contributed by atoms with E-state index >= 15 is 0 Å². The Balaban J connectivity index is 1.35. The van der Waals surface area contributed by atoms with E-state index in [1.54, 1.807) is 11.3 Å². The van der Waals surface area contributed by atoms with E-state index in [2.05, 4.69) is 124 Å². The van der Waals surface area contributed by atoms with Gasteiger partial charge in [0.15, 0.2) is 0 Å². The molecule has 178 valence electrons. The number of rotatable bonds is 5. The number of terminal acetylenes is 1. The van der Waals surface area contributed by atoms with Crippen molar-refractivity contribution in [1.82, 2.24) is 8.75 Å². The van der Waals surface area contributed by atoms with E-state index in [1.807, 2.05) is 6.07 Å². The molecule has 0 aliphatic heterocycles. The third-order valence-electron chi connectivity index (χ3n) is 6.44. The highest BCUT2D eigenvalue weighted by Crippen LogP contribution is 2.40. The molecule has 0 spiro atoms. The van der Waals surface area contributed by atoms with E-state index in [-0.39, 0.29) is 0 Å². The predicted molar refractivity (Wildman–Crippen MR) is 158 cm³/mol. The van der Waals surface area contributed by atoms with E-state index in [1.165, 1.54) is 33.3 Å². The molecule has 2 heterocycles. The van der Waals surface area contributed by atoms with Crippen LogP contribution in [0.2, 0.25) is 0 Å². The molecule has 4 aromatic carbocycles. The highest BCUT2D eigenvalue weighted by molar-refractivity contribution is 7.19. The van der Waals surface area contributed by atoms with Crippen LogP contribution in [0.15, 0.2) is 97.1 Å². The topological polar surface area (TPSA) is 29.0 Å². The third-order valence-corrected chi connectivity index (χ3v) is 8.13. The molecule has 0 amide bonds. The second-order valence-electron chi connectivity index (χ2n) is 8.98. The van der Waals surface area contributed by atoms with Crippen LogP contribution >= 0.6 is 23.1 Å². The van der Waals surface area contributed by atoms with E-state index < -0.39 is 0 Å². The SMILES string of the molecule is C#Cc1ccc(-c2ccc(-c3ccc(N(c4ccc(C)cc4)c4ccc(C)cc4)cc3)s2)c2nsnc12. The number of aromatic nitrogens is 2. The fourth-order valence-electron chi connectivity index (χ4n) is 4.43. The normalized spacial score (nSPS) is 10.9. The molecule has 0 aliphatic carbocycles. The first-order chi connectivity index (χ1) is 18.1. The molecule has 37 heavy (non-hydrogen) atoms. The van der Waals surface area contributed by atoms with E-state index in [4.69, 9.17) is 6.42 Å². The van der Waals surface area contributed by atoms with Crippen LogP contribution < -0.4 is 4.90 Å². The van der Waals surface area contributed by atoms with Crippen molar-refractivity contribution in [2.24, 2.45) is 0 Å². The van der Waals surface area contributed by atoms with Crippen molar-refractivity contribution < 1.29 is 0 Å².